The van der Waals surface area contributed by atoms with Crippen LogP contribution in [-0.2, 0) is 19.2 Å². The minimum atomic E-state index is -0.980. The number of amides is 2. The number of aliphatic carboxylic acids is 2. The fraction of sp³-hybridized carbons (Fsp3) is 0.789. The van der Waals surface area contributed by atoms with Gasteiger partial charge in [0.15, 0.2) is 0 Å². The van der Waals surface area contributed by atoms with Crippen molar-refractivity contribution < 1.29 is 29.4 Å². The van der Waals surface area contributed by atoms with E-state index in [0.29, 0.717) is 19.2 Å². The average molecular weight is 406 g/mol. The first-order valence-electron chi connectivity index (χ1n) is 9.67. The lowest BCUT2D eigenvalue weighted by molar-refractivity contribution is -0.142. The van der Waals surface area contributed by atoms with E-state index in [0.717, 1.165) is 25.2 Å². The molecule has 3 unspecified atom stereocenters. The first-order valence-corrected chi connectivity index (χ1v) is 9.67. The van der Waals surface area contributed by atoms with E-state index in [1.165, 1.54) is 19.5 Å². The molecule has 1 rings (SSSR count). The van der Waals surface area contributed by atoms with Crippen LogP contribution in [0, 0.1) is 11.8 Å². The van der Waals surface area contributed by atoms with Gasteiger partial charge in [0.2, 0.25) is 12.8 Å². The molecular formula is C19H39N3O6. The topological polar surface area (TPSA) is 145 Å². The summed E-state index contributed by atoms with van der Waals surface area (Å²) in [4.78, 5) is 39.3. The Bertz CT molecular complexity index is 401. The minimum absolute atomic E-state index is 0.0299. The Labute approximate surface area is 168 Å². The molecule has 1 aliphatic rings. The van der Waals surface area contributed by atoms with E-state index < -0.39 is 18.0 Å². The van der Waals surface area contributed by atoms with Crippen molar-refractivity contribution in [3.63, 3.8) is 0 Å². The number of carboxylic acids is 2. The zero-order valence-corrected chi connectivity index (χ0v) is 17.9. The normalized spacial score (nSPS) is 16.2. The predicted octanol–water partition coefficient (Wildman–Crippen LogP) is 1.47. The molecule has 0 saturated carbocycles. The Hall–Kier alpha value is -2.16. The third kappa shape index (κ3) is 23.8. The lowest BCUT2D eigenvalue weighted by Gasteiger charge is -2.16. The second kappa shape index (κ2) is 22.9. The van der Waals surface area contributed by atoms with Gasteiger partial charge >= 0.3 is 11.9 Å². The summed E-state index contributed by atoms with van der Waals surface area (Å²) < 4.78 is 0. The first-order chi connectivity index (χ1) is 13.2. The van der Waals surface area contributed by atoms with Crippen molar-refractivity contribution in [2.45, 2.75) is 65.8 Å². The van der Waals surface area contributed by atoms with Gasteiger partial charge in [-0.15, -0.1) is 0 Å². The van der Waals surface area contributed by atoms with Gasteiger partial charge in [0.1, 0.15) is 6.04 Å². The van der Waals surface area contributed by atoms with Gasteiger partial charge < -0.3 is 26.2 Å². The zero-order valence-electron chi connectivity index (χ0n) is 17.9. The van der Waals surface area contributed by atoms with Gasteiger partial charge in [-0.2, -0.15) is 0 Å². The standard InChI is InChI=1S/C7H13NO3.C5H11N.C5H10O2.C2H5NO/c1-3-5(2)6(7(10)11)8-4-9;1-5-2-3-6-4-5;1-2-3-4-5(6)7;1-3-2-4/h4-6H,3H2,1-2H3,(H,8,9)(H,10,11);5-6H,2-4H2,1H3;2-4H2,1H3,(H,6,7);2H,1H3,(H,3,4). The van der Waals surface area contributed by atoms with Crippen LogP contribution >= 0.6 is 0 Å². The molecule has 0 spiro atoms. The van der Waals surface area contributed by atoms with Crippen molar-refractivity contribution >= 4 is 24.8 Å². The number of carboxylic acid groups (broad SMARTS) is 2. The Morgan fingerprint density at radius 2 is 1.79 bits per heavy atom. The fourth-order valence-corrected chi connectivity index (χ4v) is 1.91. The molecule has 28 heavy (non-hydrogen) atoms. The van der Waals surface area contributed by atoms with Crippen LogP contribution in [0.4, 0.5) is 0 Å². The van der Waals surface area contributed by atoms with Gasteiger partial charge in [-0.1, -0.05) is 40.5 Å². The molecule has 1 aliphatic heterocycles. The number of unbranched alkanes of at least 4 members (excludes halogenated alkanes) is 1. The van der Waals surface area contributed by atoms with Crippen LogP contribution in [0.2, 0.25) is 0 Å². The van der Waals surface area contributed by atoms with Crippen LogP contribution in [-0.4, -0.2) is 61.2 Å². The third-order valence-corrected chi connectivity index (χ3v) is 3.90. The van der Waals surface area contributed by atoms with Crippen LogP contribution in [0.1, 0.15) is 59.8 Å². The smallest absolute Gasteiger partial charge is 0.326 e. The highest BCUT2D eigenvalue weighted by Crippen LogP contribution is 2.06. The molecule has 0 bridgehead atoms. The third-order valence-electron chi connectivity index (χ3n) is 3.90. The second-order valence-corrected chi connectivity index (χ2v) is 6.49. The first kappa shape index (κ1) is 30.6. The summed E-state index contributed by atoms with van der Waals surface area (Å²) in [5.41, 5.74) is 0. The lowest BCUT2D eigenvalue weighted by atomic mass is 10.00. The molecule has 0 aromatic rings. The summed E-state index contributed by atoms with van der Waals surface area (Å²) in [5.74, 6) is -0.768. The molecule has 1 heterocycles. The van der Waals surface area contributed by atoms with Crippen LogP contribution in [0.25, 0.3) is 0 Å². The highest BCUT2D eigenvalue weighted by Gasteiger charge is 2.21. The van der Waals surface area contributed by atoms with Crippen LogP contribution in [0.15, 0.2) is 0 Å². The number of hydrogen-bond donors (Lipinski definition) is 5. The van der Waals surface area contributed by atoms with E-state index in [1.54, 1.807) is 14.0 Å². The summed E-state index contributed by atoms with van der Waals surface area (Å²) in [7, 11) is 1.56. The maximum absolute atomic E-state index is 10.5. The highest BCUT2D eigenvalue weighted by atomic mass is 16.4. The number of carbonyl (C=O) groups is 4. The minimum Gasteiger partial charge on any atom is -0.481 e. The van der Waals surface area contributed by atoms with E-state index in [4.69, 9.17) is 15.0 Å². The molecule has 1 saturated heterocycles. The van der Waals surface area contributed by atoms with Gasteiger partial charge in [-0.25, -0.2) is 4.79 Å². The summed E-state index contributed by atoms with van der Waals surface area (Å²) in [6, 6.07) is -0.752. The monoisotopic (exact) mass is 405 g/mol. The summed E-state index contributed by atoms with van der Waals surface area (Å²) in [6.45, 7) is 10.4. The molecule has 0 aliphatic carbocycles. The van der Waals surface area contributed by atoms with Gasteiger partial charge in [-0.3, -0.25) is 14.4 Å². The van der Waals surface area contributed by atoms with Gasteiger partial charge in [0.25, 0.3) is 0 Å². The maximum Gasteiger partial charge on any atom is 0.326 e. The number of carbonyl (C=O) groups excluding carboxylic acids is 2. The Balaban J connectivity index is -0.000000318. The number of nitrogens with one attached hydrogen (secondary N) is 3. The summed E-state index contributed by atoms with van der Waals surface area (Å²) in [6.07, 6.45) is 5.24. The fourth-order valence-electron chi connectivity index (χ4n) is 1.91. The van der Waals surface area contributed by atoms with Crippen molar-refractivity contribution in [1.29, 1.82) is 0 Å². The van der Waals surface area contributed by atoms with Crippen molar-refractivity contribution in [2.24, 2.45) is 11.8 Å². The van der Waals surface area contributed by atoms with Gasteiger partial charge in [-0.05, 0) is 37.8 Å². The summed E-state index contributed by atoms with van der Waals surface area (Å²) in [5, 5.41) is 24.4. The van der Waals surface area contributed by atoms with E-state index in [-0.39, 0.29) is 5.92 Å². The van der Waals surface area contributed by atoms with Crippen LogP contribution < -0.4 is 16.0 Å². The molecule has 3 atom stereocenters. The lowest BCUT2D eigenvalue weighted by Crippen LogP contribution is -2.40. The van der Waals surface area contributed by atoms with E-state index in [1.807, 2.05) is 13.8 Å². The highest BCUT2D eigenvalue weighted by molar-refractivity contribution is 5.76. The molecule has 0 aromatic heterocycles. The Kier molecular flexibility index (Phi) is 25.0. The second-order valence-electron chi connectivity index (χ2n) is 6.49. The van der Waals surface area contributed by atoms with Crippen LogP contribution in [0.3, 0.4) is 0 Å². The van der Waals surface area contributed by atoms with Crippen molar-refractivity contribution in [3.05, 3.63) is 0 Å². The number of hydrogen-bond acceptors (Lipinski definition) is 5. The zero-order chi connectivity index (χ0) is 22.4. The Morgan fingerprint density at radius 3 is 1.96 bits per heavy atom. The molecule has 9 heteroatoms. The predicted molar refractivity (Wildman–Crippen MR) is 109 cm³/mol. The van der Waals surface area contributed by atoms with Gasteiger partial charge in [0, 0.05) is 13.5 Å². The molecule has 5 N–H and O–H groups in total. The van der Waals surface area contributed by atoms with E-state index >= 15 is 0 Å². The Morgan fingerprint density at radius 1 is 1.21 bits per heavy atom. The largest absolute Gasteiger partial charge is 0.481 e. The SMILES string of the molecule is CC1CCNC1.CCC(C)C(NC=O)C(=O)O.CCCCC(=O)O.CNC=O. The molecule has 9 nitrogen and oxygen atoms in total. The van der Waals surface area contributed by atoms with E-state index in [9.17, 15) is 14.4 Å². The van der Waals surface area contributed by atoms with Crippen molar-refractivity contribution in [1.82, 2.24) is 16.0 Å². The molecular weight excluding hydrogens is 366 g/mol. The molecule has 0 aromatic carbocycles. The van der Waals surface area contributed by atoms with Gasteiger partial charge in [0.05, 0.1) is 0 Å². The van der Waals surface area contributed by atoms with Crippen molar-refractivity contribution in [2.75, 3.05) is 20.1 Å². The maximum atomic E-state index is 10.5. The van der Waals surface area contributed by atoms with Crippen molar-refractivity contribution in [3.8, 4) is 0 Å². The van der Waals surface area contributed by atoms with E-state index in [2.05, 4.69) is 22.9 Å². The van der Waals surface area contributed by atoms with Crippen LogP contribution in [0.5, 0.6) is 0 Å². The quantitative estimate of drug-likeness (QED) is 0.365. The summed E-state index contributed by atoms with van der Waals surface area (Å²) >= 11 is 0. The number of rotatable bonds is 9. The molecule has 1 fully saturated rings. The molecule has 166 valence electrons. The molecule has 0 radical (unpaired) electrons. The average Bonchev–Trinajstić information content (AvgIpc) is 3.15. The molecule has 2 amide bonds.